The number of nitrogens with one attached hydrogen (secondary N) is 1. The Morgan fingerprint density at radius 2 is 2.27 bits per heavy atom. The van der Waals surface area contributed by atoms with Gasteiger partial charge in [0.25, 0.3) is 0 Å². The van der Waals surface area contributed by atoms with Gasteiger partial charge in [-0.15, -0.1) is 0 Å². The molecule has 0 aliphatic carbocycles. The molecule has 1 N–H and O–H groups in total. The highest BCUT2D eigenvalue weighted by Crippen LogP contribution is 2.10. The molecule has 1 unspecified atom stereocenters. The summed E-state index contributed by atoms with van der Waals surface area (Å²) in [7, 11) is 0. The maximum absolute atomic E-state index is 5.67. The second-order valence-electron chi connectivity index (χ2n) is 3.75. The van der Waals surface area contributed by atoms with Crippen LogP contribution in [0.15, 0.2) is 0 Å². The van der Waals surface area contributed by atoms with Gasteiger partial charge in [-0.05, 0) is 19.3 Å². The summed E-state index contributed by atoms with van der Waals surface area (Å²) in [4.78, 5) is 0. The van der Waals surface area contributed by atoms with E-state index in [2.05, 4.69) is 26.1 Å². The largest absolute Gasteiger partial charge is 0.377 e. The molecular weight excluding hydrogens is 138 g/mol. The fourth-order valence-electron chi connectivity index (χ4n) is 1.30. The van der Waals surface area contributed by atoms with Crippen LogP contribution in [0.2, 0.25) is 0 Å². The van der Waals surface area contributed by atoms with Crippen LogP contribution in [-0.4, -0.2) is 25.3 Å². The molecule has 2 nitrogen and oxygen atoms in total. The number of hydrogen-bond acceptors (Lipinski definition) is 2. The third kappa shape index (κ3) is 2.80. The molecule has 2 atom stereocenters. The lowest BCUT2D eigenvalue weighted by molar-refractivity contribution is 0.0354. The quantitative estimate of drug-likeness (QED) is 0.628. The van der Waals surface area contributed by atoms with Crippen molar-refractivity contribution in [3.05, 3.63) is 0 Å². The first-order valence-electron chi connectivity index (χ1n) is 4.55. The zero-order valence-corrected chi connectivity index (χ0v) is 7.76. The summed E-state index contributed by atoms with van der Waals surface area (Å²) in [6, 6.07) is 0.624. The second-order valence-corrected chi connectivity index (χ2v) is 3.75. The van der Waals surface area contributed by atoms with Crippen molar-refractivity contribution in [2.75, 3.05) is 13.2 Å². The molecule has 0 aromatic heterocycles. The maximum Gasteiger partial charge on any atom is 0.0722 e. The smallest absolute Gasteiger partial charge is 0.0722 e. The molecule has 0 aromatic carbocycles. The van der Waals surface area contributed by atoms with Crippen molar-refractivity contribution >= 4 is 0 Å². The van der Waals surface area contributed by atoms with Gasteiger partial charge in [-0.3, -0.25) is 0 Å². The molecule has 68 valence electrons. The predicted octanol–water partition coefficient (Wildman–Crippen LogP) is 1.66. The van der Waals surface area contributed by atoms with E-state index in [1.165, 1.54) is 0 Å². The molecule has 0 bridgehead atoms. The van der Waals surface area contributed by atoms with Crippen LogP contribution in [0.1, 0.15) is 28.6 Å². The third-order valence-electron chi connectivity index (χ3n) is 2.29. The van der Waals surface area contributed by atoms with Crippen molar-refractivity contribution < 1.29 is 6.16 Å². The van der Waals surface area contributed by atoms with Gasteiger partial charge in [0.2, 0.25) is 0 Å². The Kier molecular flexibility index (Phi) is 3.34. The minimum atomic E-state index is 0. The van der Waals surface area contributed by atoms with Gasteiger partial charge in [-0.1, -0.05) is 13.8 Å². The van der Waals surface area contributed by atoms with Crippen LogP contribution in [0, 0.1) is 5.92 Å². The fraction of sp³-hybridized carbons (Fsp3) is 1.00. The molecular formula is C9H21NO. The first kappa shape index (κ1) is 9.01. The van der Waals surface area contributed by atoms with Crippen molar-refractivity contribution in [3.63, 3.8) is 0 Å². The second kappa shape index (κ2) is 4.07. The van der Waals surface area contributed by atoms with E-state index >= 15 is 0 Å². The predicted molar refractivity (Wildman–Crippen MR) is 48.8 cm³/mol. The lowest BCUT2D eigenvalue weighted by Gasteiger charge is -2.18. The van der Waals surface area contributed by atoms with Crippen molar-refractivity contribution in [2.24, 2.45) is 5.92 Å². The molecule has 1 rings (SSSR count). The summed E-state index contributed by atoms with van der Waals surface area (Å²) in [5, 5.41) is 3.45. The third-order valence-corrected chi connectivity index (χ3v) is 2.29. The van der Waals surface area contributed by atoms with Crippen LogP contribution in [0.4, 0.5) is 0 Å². The van der Waals surface area contributed by atoms with E-state index in [0.717, 1.165) is 19.6 Å². The molecule has 0 spiro atoms. The topological polar surface area (TPSA) is 21.3 Å². The number of ether oxygens (including phenoxy) is 1. The normalized spacial score (nSPS) is 33.8. The first-order chi connectivity index (χ1) is 5.20. The monoisotopic (exact) mass is 159 g/mol. The van der Waals surface area contributed by atoms with Crippen LogP contribution in [0.3, 0.4) is 0 Å². The van der Waals surface area contributed by atoms with Gasteiger partial charge in [0.15, 0.2) is 0 Å². The van der Waals surface area contributed by atoms with E-state index in [9.17, 15) is 0 Å². The van der Waals surface area contributed by atoms with Crippen molar-refractivity contribution in [3.8, 4) is 0 Å². The Balaban J connectivity index is 0.00000121. The Hall–Kier alpha value is -0.0800. The van der Waals surface area contributed by atoms with Crippen LogP contribution >= 0.6 is 0 Å². The standard InChI is InChI=1S/C9H19NO.H2/c1-7(2)9-6-10-8(3)4-5-11-9;/h7-10H,4-6H2,1-3H3;1H/t8-,9?;/m0./s1. The van der Waals surface area contributed by atoms with E-state index < -0.39 is 0 Å². The number of hydrogen-bond donors (Lipinski definition) is 1. The summed E-state index contributed by atoms with van der Waals surface area (Å²) in [6.07, 6.45) is 1.56. The molecule has 0 saturated carbocycles. The molecule has 1 aliphatic heterocycles. The average Bonchev–Trinajstić information content (AvgIpc) is 2.13. The fourth-order valence-corrected chi connectivity index (χ4v) is 1.30. The van der Waals surface area contributed by atoms with Gasteiger partial charge >= 0.3 is 0 Å². The molecule has 0 amide bonds. The average molecular weight is 159 g/mol. The zero-order chi connectivity index (χ0) is 8.27. The minimum Gasteiger partial charge on any atom is -0.377 e. The van der Waals surface area contributed by atoms with Crippen LogP contribution in [-0.2, 0) is 4.74 Å². The molecule has 1 heterocycles. The van der Waals surface area contributed by atoms with Crippen LogP contribution in [0.5, 0.6) is 0 Å². The highest BCUT2D eigenvalue weighted by molar-refractivity contribution is 4.72. The van der Waals surface area contributed by atoms with Crippen LogP contribution in [0.25, 0.3) is 0 Å². The molecule has 1 aliphatic rings. The van der Waals surface area contributed by atoms with Crippen molar-refractivity contribution in [1.29, 1.82) is 0 Å². The Morgan fingerprint density at radius 3 is 2.91 bits per heavy atom. The molecule has 0 radical (unpaired) electrons. The molecule has 0 aromatic rings. The summed E-state index contributed by atoms with van der Waals surface area (Å²) in [5.41, 5.74) is 0. The van der Waals surface area contributed by atoms with Gasteiger partial charge in [0, 0.05) is 20.6 Å². The Bertz CT molecular complexity index is 119. The molecule has 1 fully saturated rings. The van der Waals surface area contributed by atoms with Gasteiger partial charge < -0.3 is 10.1 Å². The highest BCUT2D eigenvalue weighted by atomic mass is 16.5. The molecule has 2 heteroatoms. The van der Waals surface area contributed by atoms with E-state index in [1.54, 1.807) is 0 Å². The summed E-state index contributed by atoms with van der Waals surface area (Å²) >= 11 is 0. The molecule has 1 saturated heterocycles. The first-order valence-corrected chi connectivity index (χ1v) is 4.55. The van der Waals surface area contributed by atoms with Crippen LogP contribution < -0.4 is 5.32 Å². The summed E-state index contributed by atoms with van der Waals surface area (Å²) < 4.78 is 5.67. The van der Waals surface area contributed by atoms with E-state index in [-0.39, 0.29) is 1.43 Å². The van der Waals surface area contributed by atoms with Gasteiger partial charge in [-0.2, -0.15) is 0 Å². The van der Waals surface area contributed by atoms with Gasteiger partial charge in [0.05, 0.1) is 6.10 Å². The van der Waals surface area contributed by atoms with E-state index in [4.69, 9.17) is 4.74 Å². The number of rotatable bonds is 1. The summed E-state index contributed by atoms with van der Waals surface area (Å²) in [6.45, 7) is 8.56. The highest BCUT2D eigenvalue weighted by Gasteiger charge is 2.18. The van der Waals surface area contributed by atoms with Gasteiger partial charge in [0.1, 0.15) is 0 Å². The zero-order valence-electron chi connectivity index (χ0n) is 7.76. The van der Waals surface area contributed by atoms with Gasteiger partial charge in [-0.25, -0.2) is 0 Å². The lowest BCUT2D eigenvalue weighted by atomic mass is 10.1. The van der Waals surface area contributed by atoms with E-state index in [0.29, 0.717) is 18.1 Å². The SMILES string of the molecule is CC(C)C1CN[C@@H](C)CCO1.[HH]. The Morgan fingerprint density at radius 1 is 1.55 bits per heavy atom. The molecule has 11 heavy (non-hydrogen) atoms. The summed E-state index contributed by atoms with van der Waals surface area (Å²) in [5.74, 6) is 0.632. The maximum atomic E-state index is 5.67. The van der Waals surface area contributed by atoms with Crippen molar-refractivity contribution in [2.45, 2.75) is 39.3 Å². The lowest BCUT2D eigenvalue weighted by Crippen LogP contribution is -2.33. The van der Waals surface area contributed by atoms with Crippen molar-refractivity contribution in [1.82, 2.24) is 5.32 Å². The Labute approximate surface area is 70.8 Å². The van der Waals surface area contributed by atoms with E-state index in [1.807, 2.05) is 0 Å². The minimum absolute atomic E-state index is 0.